The number of carbonyl (C=O) groups is 2. The molecule has 0 saturated heterocycles. The molecule has 2 N–H and O–H groups in total. The summed E-state index contributed by atoms with van der Waals surface area (Å²) in [4.78, 5) is 23.0. The highest BCUT2D eigenvalue weighted by atomic mass is 16.5. The maximum atomic E-state index is 11.9. The Labute approximate surface area is 134 Å². The van der Waals surface area contributed by atoms with Gasteiger partial charge >= 0.3 is 5.97 Å². The lowest BCUT2D eigenvalue weighted by Gasteiger charge is -2.28. The molecule has 0 saturated carbocycles. The SMILES string of the molecule is CC1OC=CC(CC(=O)OCCc2ccc(O)c(O)c2)C1C=O. The number of aromatic hydroxyl groups is 2. The van der Waals surface area contributed by atoms with Gasteiger partial charge in [0.2, 0.25) is 0 Å². The summed E-state index contributed by atoms with van der Waals surface area (Å²) >= 11 is 0. The monoisotopic (exact) mass is 320 g/mol. The van der Waals surface area contributed by atoms with Crippen molar-refractivity contribution in [1.29, 1.82) is 0 Å². The molecule has 3 atom stereocenters. The van der Waals surface area contributed by atoms with Gasteiger partial charge < -0.3 is 24.5 Å². The Balaban J connectivity index is 1.80. The molecule has 0 bridgehead atoms. The fourth-order valence-corrected chi connectivity index (χ4v) is 2.51. The van der Waals surface area contributed by atoms with Crippen molar-refractivity contribution in [3.63, 3.8) is 0 Å². The third kappa shape index (κ3) is 4.48. The van der Waals surface area contributed by atoms with E-state index in [4.69, 9.17) is 9.47 Å². The van der Waals surface area contributed by atoms with Crippen LogP contribution in [0.5, 0.6) is 11.5 Å². The van der Waals surface area contributed by atoms with Crippen LogP contribution in [0, 0.1) is 11.8 Å². The third-order valence-corrected chi connectivity index (χ3v) is 3.91. The van der Waals surface area contributed by atoms with Gasteiger partial charge in [0.1, 0.15) is 12.4 Å². The fourth-order valence-electron chi connectivity index (χ4n) is 2.51. The second-order valence-electron chi connectivity index (χ2n) is 5.54. The van der Waals surface area contributed by atoms with E-state index in [9.17, 15) is 19.8 Å². The maximum Gasteiger partial charge on any atom is 0.306 e. The average molecular weight is 320 g/mol. The first-order chi connectivity index (χ1) is 11.0. The largest absolute Gasteiger partial charge is 0.504 e. The molecule has 0 radical (unpaired) electrons. The topological polar surface area (TPSA) is 93.1 Å². The number of phenols is 2. The van der Waals surface area contributed by atoms with Gasteiger partial charge in [0.05, 0.1) is 25.2 Å². The lowest BCUT2D eigenvalue weighted by Crippen LogP contribution is -2.32. The van der Waals surface area contributed by atoms with Crippen LogP contribution in [0.1, 0.15) is 18.9 Å². The lowest BCUT2D eigenvalue weighted by atomic mass is 9.85. The molecule has 1 aromatic carbocycles. The minimum absolute atomic E-state index is 0.119. The Kier molecular flexibility index (Phi) is 5.62. The van der Waals surface area contributed by atoms with Crippen LogP contribution in [0.15, 0.2) is 30.5 Å². The van der Waals surface area contributed by atoms with Crippen LogP contribution in [-0.2, 0) is 25.5 Å². The summed E-state index contributed by atoms with van der Waals surface area (Å²) in [5.41, 5.74) is 0.749. The smallest absolute Gasteiger partial charge is 0.306 e. The van der Waals surface area contributed by atoms with Gasteiger partial charge in [-0.1, -0.05) is 6.07 Å². The van der Waals surface area contributed by atoms with Crippen molar-refractivity contribution in [2.24, 2.45) is 11.8 Å². The molecule has 0 aromatic heterocycles. The highest BCUT2D eigenvalue weighted by Crippen LogP contribution is 2.27. The molecule has 0 aliphatic carbocycles. The number of allylic oxidation sites excluding steroid dienone is 1. The average Bonchev–Trinajstić information content (AvgIpc) is 2.51. The molecule has 23 heavy (non-hydrogen) atoms. The molecule has 1 aromatic rings. The summed E-state index contributed by atoms with van der Waals surface area (Å²) in [7, 11) is 0. The number of rotatable bonds is 6. The van der Waals surface area contributed by atoms with Gasteiger partial charge in [-0.15, -0.1) is 0 Å². The Hall–Kier alpha value is -2.50. The molecule has 1 aliphatic rings. The van der Waals surface area contributed by atoms with Crippen molar-refractivity contribution < 1.29 is 29.3 Å². The highest BCUT2D eigenvalue weighted by molar-refractivity contribution is 5.71. The first kappa shape index (κ1) is 16.9. The van der Waals surface area contributed by atoms with E-state index in [1.54, 1.807) is 19.1 Å². The van der Waals surface area contributed by atoms with Gasteiger partial charge in [-0.2, -0.15) is 0 Å². The Morgan fingerprint density at radius 1 is 1.35 bits per heavy atom. The molecule has 1 aliphatic heterocycles. The van der Waals surface area contributed by atoms with Crippen LogP contribution in [-0.4, -0.2) is 35.2 Å². The summed E-state index contributed by atoms with van der Waals surface area (Å²) in [5.74, 6) is -1.36. The van der Waals surface area contributed by atoms with Crippen molar-refractivity contribution in [1.82, 2.24) is 0 Å². The summed E-state index contributed by atoms with van der Waals surface area (Å²) in [5, 5.41) is 18.6. The van der Waals surface area contributed by atoms with Gasteiger partial charge in [0.15, 0.2) is 11.5 Å². The van der Waals surface area contributed by atoms with Gasteiger partial charge in [-0.05, 0) is 30.7 Å². The third-order valence-electron chi connectivity index (χ3n) is 3.91. The summed E-state index contributed by atoms with van der Waals surface area (Å²) < 4.78 is 10.4. The first-order valence-corrected chi connectivity index (χ1v) is 7.45. The standard InChI is InChI=1S/C17H20O6/c1-11-14(10-18)13(5-7-22-11)9-17(21)23-6-4-12-2-3-15(19)16(20)8-12/h2-3,5,7-8,10-11,13-14,19-20H,4,6,9H2,1H3. The molecule has 124 valence electrons. The van der Waals surface area contributed by atoms with Gasteiger partial charge in [-0.25, -0.2) is 0 Å². The minimum Gasteiger partial charge on any atom is -0.504 e. The molecule has 0 spiro atoms. The van der Waals surface area contributed by atoms with Gasteiger partial charge in [0.25, 0.3) is 0 Å². The summed E-state index contributed by atoms with van der Waals surface area (Å²) in [6.07, 6.45) is 4.33. The van der Waals surface area contributed by atoms with Gasteiger partial charge in [0, 0.05) is 12.3 Å². The van der Waals surface area contributed by atoms with Crippen molar-refractivity contribution >= 4 is 12.3 Å². The van der Waals surface area contributed by atoms with Crippen LogP contribution in [0.25, 0.3) is 0 Å². The summed E-state index contributed by atoms with van der Waals surface area (Å²) in [6, 6.07) is 4.46. The highest BCUT2D eigenvalue weighted by Gasteiger charge is 2.30. The van der Waals surface area contributed by atoms with Crippen molar-refractivity contribution in [3.05, 3.63) is 36.1 Å². The van der Waals surface area contributed by atoms with Crippen LogP contribution in [0.3, 0.4) is 0 Å². The number of esters is 1. The molecule has 1 heterocycles. The molecule has 0 fully saturated rings. The van der Waals surface area contributed by atoms with E-state index >= 15 is 0 Å². The van der Waals surface area contributed by atoms with Crippen LogP contribution in [0.4, 0.5) is 0 Å². The van der Waals surface area contributed by atoms with E-state index < -0.39 is 0 Å². The van der Waals surface area contributed by atoms with Gasteiger partial charge in [-0.3, -0.25) is 4.79 Å². The number of hydrogen-bond acceptors (Lipinski definition) is 6. The molecule has 6 heteroatoms. The molecule has 6 nitrogen and oxygen atoms in total. The van der Waals surface area contributed by atoms with E-state index in [0.717, 1.165) is 11.8 Å². The maximum absolute atomic E-state index is 11.9. The Morgan fingerprint density at radius 2 is 2.13 bits per heavy atom. The molecular weight excluding hydrogens is 300 g/mol. The summed E-state index contributed by atoms with van der Waals surface area (Å²) in [6.45, 7) is 1.95. The number of carbonyl (C=O) groups excluding carboxylic acids is 2. The van der Waals surface area contributed by atoms with E-state index in [0.29, 0.717) is 6.42 Å². The van der Waals surface area contributed by atoms with Crippen molar-refractivity contribution in [3.8, 4) is 11.5 Å². The van der Waals surface area contributed by atoms with E-state index in [-0.39, 0.29) is 48.4 Å². The number of aldehydes is 1. The molecule has 0 amide bonds. The van der Waals surface area contributed by atoms with Crippen LogP contribution >= 0.6 is 0 Å². The number of benzene rings is 1. The van der Waals surface area contributed by atoms with E-state index in [1.807, 2.05) is 0 Å². The van der Waals surface area contributed by atoms with Crippen LogP contribution < -0.4 is 0 Å². The molecule has 3 unspecified atom stereocenters. The predicted molar refractivity (Wildman–Crippen MR) is 81.8 cm³/mol. The Morgan fingerprint density at radius 3 is 2.83 bits per heavy atom. The second kappa shape index (κ2) is 7.67. The van der Waals surface area contributed by atoms with Crippen LogP contribution in [0.2, 0.25) is 0 Å². The number of ether oxygens (including phenoxy) is 2. The minimum atomic E-state index is -0.386. The number of phenolic OH excluding ortho intramolecular Hbond substituents is 2. The normalized spacial score (nSPS) is 23.1. The van der Waals surface area contributed by atoms with E-state index in [2.05, 4.69) is 0 Å². The van der Waals surface area contributed by atoms with E-state index in [1.165, 1.54) is 18.4 Å². The molecular formula is C17H20O6. The quantitative estimate of drug-likeness (QED) is 0.473. The predicted octanol–water partition coefficient (Wildman–Crippen LogP) is 1.94. The number of hydrogen-bond donors (Lipinski definition) is 2. The van der Waals surface area contributed by atoms with Crippen molar-refractivity contribution in [2.45, 2.75) is 25.9 Å². The zero-order chi connectivity index (χ0) is 16.8. The van der Waals surface area contributed by atoms with Crippen molar-refractivity contribution in [2.75, 3.05) is 6.61 Å². The zero-order valence-corrected chi connectivity index (χ0v) is 12.8. The fraction of sp³-hybridized carbons (Fsp3) is 0.412. The first-order valence-electron chi connectivity index (χ1n) is 7.45. The lowest BCUT2D eigenvalue weighted by molar-refractivity contribution is -0.145. The molecule has 2 rings (SSSR count). The second-order valence-corrected chi connectivity index (χ2v) is 5.54. The Bertz CT molecular complexity index is 595. The zero-order valence-electron chi connectivity index (χ0n) is 12.8.